The molecular weight excluding hydrogens is 888 g/mol. The highest BCUT2D eigenvalue weighted by molar-refractivity contribution is 7.45. The molecule has 0 saturated heterocycles. The average Bonchev–Trinajstić information content (AvgIpc) is 3.32. The first-order chi connectivity index (χ1) is 34.0. The largest absolute Gasteiger partial charge is 0.756 e. The number of carbonyl (C=O) groups is 1. The van der Waals surface area contributed by atoms with Gasteiger partial charge >= 0.3 is 0 Å². The number of unbranched alkanes of at least 4 members (excludes halogenated alkanes) is 27. The summed E-state index contributed by atoms with van der Waals surface area (Å²) >= 11 is 0. The topological polar surface area (TPSA) is 108 Å². The van der Waals surface area contributed by atoms with Crippen LogP contribution >= 0.6 is 7.82 Å². The van der Waals surface area contributed by atoms with Gasteiger partial charge in [-0.2, -0.15) is 0 Å². The number of carbonyl (C=O) groups excluding carboxylic acids is 1. The molecule has 3 atom stereocenters. The van der Waals surface area contributed by atoms with Gasteiger partial charge in [-0.1, -0.05) is 247 Å². The summed E-state index contributed by atoms with van der Waals surface area (Å²) in [7, 11) is 1.21. The maximum absolute atomic E-state index is 12.9. The van der Waals surface area contributed by atoms with E-state index in [0.29, 0.717) is 17.4 Å². The van der Waals surface area contributed by atoms with Crippen molar-refractivity contribution >= 4 is 13.7 Å². The van der Waals surface area contributed by atoms with Crippen LogP contribution in [0.3, 0.4) is 0 Å². The standard InChI is InChI=1S/C61H111N2O6P/c1-6-8-10-12-14-16-18-20-22-24-26-27-28-29-30-31-32-33-34-35-37-38-40-42-44-46-48-50-52-54-60(64)59(58-69-70(66,67)68-57-56-63(3,4)5)62-61(65)55-53-51-49-47-45-43-41-39-36-25-23-21-19-17-15-13-11-9-7-2/h9,11,15,17,21,23,36,39,43-46,52,54,59-60,64H,6-8,10,12-14,16,18-20,22,24-35,37-38,40-42,47-51,53,55-58H2,1-5H3,(H-,62,65,66,67)/b11-9-,17-15-,23-21-,39-36-,45-43-,46-44+,54-52+. The molecule has 0 bridgehead atoms. The number of aliphatic hydroxyl groups is 1. The minimum atomic E-state index is -4.62. The van der Waals surface area contributed by atoms with E-state index in [2.05, 4.69) is 92.1 Å². The lowest BCUT2D eigenvalue weighted by atomic mass is 10.0. The number of rotatable bonds is 52. The van der Waals surface area contributed by atoms with Crippen molar-refractivity contribution in [1.29, 1.82) is 0 Å². The molecule has 0 aliphatic heterocycles. The maximum atomic E-state index is 12.9. The van der Waals surface area contributed by atoms with Crippen LogP contribution in [0.2, 0.25) is 0 Å². The maximum Gasteiger partial charge on any atom is 0.268 e. The first kappa shape index (κ1) is 67.7. The Morgan fingerprint density at radius 1 is 0.514 bits per heavy atom. The second-order valence-corrected chi connectivity index (χ2v) is 22.0. The smallest absolute Gasteiger partial charge is 0.268 e. The summed E-state index contributed by atoms with van der Waals surface area (Å²) in [6.45, 7) is 4.50. The molecule has 0 aromatic rings. The summed E-state index contributed by atoms with van der Waals surface area (Å²) < 4.78 is 23.3. The van der Waals surface area contributed by atoms with Gasteiger partial charge in [-0.3, -0.25) is 9.36 Å². The van der Waals surface area contributed by atoms with E-state index in [0.717, 1.165) is 70.6 Å². The Labute approximate surface area is 433 Å². The van der Waals surface area contributed by atoms with Crippen molar-refractivity contribution in [3.8, 4) is 0 Å². The number of nitrogens with one attached hydrogen (secondary N) is 1. The Kier molecular flexibility index (Phi) is 49.9. The van der Waals surface area contributed by atoms with E-state index in [1.807, 2.05) is 27.2 Å². The van der Waals surface area contributed by atoms with Crippen LogP contribution in [-0.2, 0) is 18.4 Å². The van der Waals surface area contributed by atoms with Crippen LogP contribution in [-0.4, -0.2) is 68.5 Å². The van der Waals surface area contributed by atoms with E-state index >= 15 is 0 Å². The predicted molar refractivity (Wildman–Crippen MR) is 302 cm³/mol. The van der Waals surface area contributed by atoms with Crippen molar-refractivity contribution in [2.75, 3.05) is 40.9 Å². The Hall–Kier alpha value is -2.32. The minimum Gasteiger partial charge on any atom is -0.756 e. The second kappa shape index (κ2) is 51.6. The molecule has 0 spiro atoms. The Morgan fingerprint density at radius 2 is 0.886 bits per heavy atom. The van der Waals surface area contributed by atoms with E-state index in [1.165, 1.54) is 148 Å². The van der Waals surface area contributed by atoms with Crippen molar-refractivity contribution in [3.05, 3.63) is 85.1 Å². The average molecular weight is 1000 g/mol. The number of aliphatic hydroxyl groups excluding tert-OH is 1. The van der Waals surface area contributed by atoms with Gasteiger partial charge in [0.25, 0.3) is 7.82 Å². The fourth-order valence-corrected chi connectivity index (χ4v) is 8.80. The lowest BCUT2D eigenvalue weighted by molar-refractivity contribution is -0.870. The Balaban J connectivity index is 4.28. The molecule has 406 valence electrons. The number of phosphoric acid groups is 1. The van der Waals surface area contributed by atoms with E-state index in [-0.39, 0.29) is 18.9 Å². The zero-order chi connectivity index (χ0) is 51.3. The van der Waals surface area contributed by atoms with Crippen LogP contribution in [0.15, 0.2) is 85.1 Å². The molecule has 70 heavy (non-hydrogen) atoms. The number of hydrogen-bond acceptors (Lipinski definition) is 6. The highest BCUT2D eigenvalue weighted by atomic mass is 31.2. The van der Waals surface area contributed by atoms with Gasteiger partial charge in [0.1, 0.15) is 13.2 Å². The number of amides is 1. The SMILES string of the molecule is CC/C=C\C/C=C\C/C=C\C/C=C\C/C=C\CCCCCC(=O)NC(COP(=O)([O-])OCC[N+](C)(C)C)C(O)/C=C/CC/C=C/CCCCCCCCCCCCCCCCCCCCCCCCC. The molecular formula is C61H111N2O6P. The van der Waals surface area contributed by atoms with Crippen LogP contribution in [0.1, 0.15) is 245 Å². The van der Waals surface area contributed by atoms with Crippen LogP contribution < -0.4 is 10.2 Å². The summed E-state index contributed by atoms with van der Waals surface area (Å²) in [4.78, 5) is 25.5. The molecule has 0 radical (unpaired) electrons. The lowest BCUT2D eigenvalue weighted by Crippen LogP contribution is -2.45. The third kappa shape index (κ3) is 53.5. The van der Waals surface area contributed by atoms with Crippen molar-refractivity contribution in [2.45, 2.75) is 257 Å². The van der Waals surface area contributed by atoms with Crippen molar-refractivity contribution in [2.24, 2.45) is 0 Å². The van der Waals surface area contributed by atoms with Gasteiger partial charge in [0, 0.05) is 6.42 Å². The van der Waals surface area contributed by atoms with E-state index in [4.69, 9.17) is 9.05 Å². The van der Waals surface area contributed by atoms with Crippen molar-refractivity contribution in [1.82, 2.24) is 5.32 Å². The van der Waals surface area contributed by atoms with E-state index in [1.54, 1.807) is 6.08 Å². The molecule has 2 N–H and O–H groups in total. The number of quaternary nitrogens is 1. The first-order valence-corrected chi connectivity index (χ1v) is 30.4. The van der Waals surface area contributed by atoms with Crippen LogP contribution in [0.5, 0.6) is 0 Å². The fourth-order valence-electron chi connectivity index (χ4n) is 8.08. The Bertz CT molecular complexity index is 1410. The van der Waals surface area contributed by atoms with Gasteiger partial charge in [0.2, 0.25) is 5.91 Å². The molecule has 9 heteroatoms. The Morgan fingerprint density at radius 3 is 1.33 bits per heavy atom. The normalized spacial score (nSPS) is 14.6. The van der Waals surface area contributed by atoms with Gasteiger partial charge in [0.05, 0.1) is 39.9 Å². The van der Waals surface area contributed by atoms with Gasteiger partial charge in [-0.05, 0) is 77.0 Å². The van der Waals surface area contributed by atoms with Crippen LogP contribution in [0.25, 0.3) is 0 Å². The van der Waals surface area contributed by atoms with Gasteiger partial charge < -0.3 is 28.8 Å². The number of likely N-dealkylation sites (N-methyl/N-ethyl adjacent to an activating group) is 1. The molecule has 1 amide bonds. The molecule has 3 unspecified atom stereocenters. The summed E-state index contributed by atoms with van der Waals surface area (Å²) in [5, 5.41) is 13.8. The molecule has 0 aliphatic carbocycles. The third-order valence-corrected chi connectivity index (χ3v) is 13.6. The molecule has 0 aliphatic rings. The summed E-state index contributed by atoms with van der Waals surface area (Å²) in [5.74, 6) is -0.240. The van der Waals surface area contributed by atoms with Crippen molar-refractivity contribution in [3.63, 3.8) is 0 Å². The van der Waals surface area contributed by atoms with Gasteiger partial charge in [-0.15, -0.1) is 0 Å². The molecule has 0 aromatic carbocycles. The van der Waals surface area contributed by atoms with E-state index in [9.17, 15) is 19.4 Å². The zero-order valence-corrected chi connectivity index (χ0v) is 47.1. The number of allylic oxidation sites excluding steroid dienone is 13. The highest BCUT2D eigenvalue weighted by Crippen LogP contribution is 2.38. The van der Waals surface area contributed by atoms with Gasteiger partial charge in [-0.25, -0.2) is 0 Å². The summed E-state index contributed by atoms with van der Waals surface area (Å²) in [6, 6.07) is -0.927. The molecule has 8 nitrogen and oxygen atoms in total. The van der Waals surface area contributed by atoms with Crippen LogP contribution in [0.4, 0.5) is 0 Å². The monoisotopic (exact) mass is 999 g/mol. The molecule has 0 saturated carbocycles. The molecule has 0 heterocycles. The van der Waals surface area contributed by atoms with Crippen molar-refractivity contribution < 1.29 is 32.9 Å². The lowest BCUT2D eigenvalue weighted by Gasteiger charge is -2.29. The molecule has 0 rings (SSSR count). The second-order valence-electron chi connectivity index (χ2n) is 20.6. The zero-order valence-electron chi connectivity index (χ0n) is 46.2. The number of nitrogens with zero attached hydrogens (tertiary/aromatic N) is 1. The fraction of sp³-hybridized carbons (Fsp3) is 0.754. The number of phosphoric ester groups is 1. The quantitative estimate of drug-likeness (QED) is 0.0272. The third-order valence-electron chi connectivity index (χ3n) is 12.6. The van der Waals surface area contributed by atoms with Crippen LogP contribution in [0, 0.1) is 0 Å². The van der Waals surface area contributed by atoms with Gasteiger partial charge in [0.15, 0.2) is 0 Å². The number of hydrogen-bond donors (Lipinski definition) is 2. The minimum absolute atomic E-state index is 0.0173. The van der Waals surface area contributed by atoms with E-state index < -0.39 is 26.6 Å². The predicted octanol–water partition coefficient (Wildman–Crippen LogP) is 17.0. The molecule has 0 aromatic heterocycles. The summed E-state index contributed by atoms with van der Waals surface area (Å²) in [5.41, 5.74) is 0. The first-order valence-electron chi connectivity index (χ1n) is 28.9. The summed E-state index contributed by atoms with van der Waals surface area (Å²) in [6.07, 6.45) is 72.5. The highest BCUT2D eigenvalue weighted by Gasteiger charge is 2.23. The molecule has 0 fully saturated rings.